The van der Waals surface area contributed by atoms with Crippen LogP contribution in [0.2, 0.25) is 0 Å². The number of rotatable bonds is 8. The monoisotopic (exact) mass is 400 g/mol. The minimum absolute atomic E-state index is 0.0626. The van der Waals surface area contributed by atoms with Crippen LogP contribution in [0, 0.1) is 5.82 Å². The van der Waals surface area contributed by atoms with Gasteiger partial charge < -0.3 is 20.9 Å². The summed E-state index contributed by atoms with van der Waals surface area (Å²) in [5.74, 6) is -0.808. The number of hydrogen-bond donors (Lipinski definition) is 3. The summed E-state index contributed by atoms with van der Waals surface area (Å²) >= 11 is 0. The summed E-state index contributed by atoms with van der Waals surface area (Å²) in [4.78, 5) is 37.7. The van der Waals surface area contributed by atoms with Gasteiger partial charge in [-0.2, -0.15) is 0 Å². The number of nitrogens with one attached hydrogen (secondary N) is 3. The minimum atomic E-state index is -0.510. The smallest absolute Gasteiger partial charge is 0.315 e. The van der Waals surface area contributed by atoms with Crippen molar-refractivity contribution in [3.8, 4) is 0 Å². The van der Waals surface area contributed by atoms with Gasteiger partial charge in [-0.25, -0.2) is 9.18 Å². The van der Waals surface area contributed by atoms with E-state index in [2.05, 4.69) is 16.0 Å². The Bertz CT molecular complexity index is 834. The average Bonchev–Trinajstić information content (AvgIpc) is 2.73. The normalized spacial score (nSPS) is 10.2. The molecule has 0 heterocycles. The maximum absolute atomic E-state index is 12.8. The lowest BCUT2D eigenvalue weighted by molar-refractivity contribution is -0.115. The molecule has 2 rings (SSSR count). The molecule has 0 aliphatic heterocycles. The zero-order chi connectivity index (χ0) is 21.2. The molecule has 0 spiro atoms. The highest BCUT2D eigenvalue weighted by Crippen LogP contribution is 2.11. The maximum Gasteiger partial charge on any atom is 0.315 e. The average molecular weight is 400 g/mol. The van der Waals surface area contributed by atoms with Crippen LogP contribution in [0.15, 0.2) is 48.5 Å². The van der Waals surface area contributed by atoms with E-state index in [1.165, 1.54) is 12.1 Å². The molecule has 0 fully saturated rings. The Morgan fingerprint density at radius 2 is 1.52 bits per heavy atom. The van der Waals surface area contributed by atoms with Gasteiger partial charge in [0.2, 0.25) is 5.91 Å². The number of urea groups is 1. The van der Waals surface area contributed by atoms with Gasteiger partial charge in [-0.1, -0.05) is 12.1 Å². The predicted molar refractivity (Wildman–Crippen MR) is 109 cm³/mol. The summed E-state index contributed by atoms with van der Waals surface area (Å²) in [7, 11) is 0. The molecule has 4 amide bonds. The van der Waals surface area contributed by atoms with Gasteiger partial charge in [-0.05, 0) is 55.8 Å². The lowest BCUT2D eigenvalue weighted by Gasteiger charge is -2.18. The largest absolute Gasteiger partial charge is 0.339 e. The van der Waals surface area contributed by atoms with Gasteiger partial charge in [0.25, 0.3) is 5.91 Å². The molecule has 154 valence electrons. The first-order valence-electron chi connectivity index (χ1n) is 9.38. The van der Waals surface area contributed by atoms with Crippen LogP contribution in [-0.2, 0) is 11.3 Å². The highest BCUT2D eigenvalue weighted by atomic mass is 19.1. The number of anilines is 1. The van der Waals surface area contributed by atoms with Crippen molar-refractivity contribution in [2.45, 2.75) is 20.4 Å². The lowest BCUT2D eigenvalue weighted by atomic mass is 10.1. The Morgan fingerprint density at radius 3 is 2.10 bits per heavy atom. The van der Waals surface area contributed by atoms with E-state index in [1.807, 2.05) is 13.8 Å². The molecule has 7 nitrogen and oxygen atoms in total. The number of benzene rings is 2. The number of carbonyl (C=O) groups excluding carboxylic acids is 3. The summed E-state index contributed by atoms with van der Waals surface area (Å²) in [5.41, 5.74) is 1.81. The third kappa shape index (κ3) is 6.91. The van der Waals surface area contributed by atoms with Crippen LogP contribution in [0.1, 0.15) is 29.8 Å². The van der Waals surface area contributed by atoms with E-state index in [0.717, 1.165) is 5.56 Å². The van der Waals surface area contributed by atoms with E-state index in [9.17, 15) is 18.8 Å². The van der Waals surface area contributed by atoms with Crippen molar-refractivity contribution in [2.24, 2.45) is 0 Å². The fourth-order valence-electron chi connectivity index (χ4n) is 2.60. The highest BCUT2D eigenvalue weighted by molar-refractivity contribution is 5.96. The molecule has 0 radical (unpaired) electrons. The van der Waals surface area contributed by atoms with Crippen molar-refractivity contribution >= 4 is 23.5 Å². The van der Waals surface area contributed by atoms with Crippen LogP contribution < -0.4 is 16.0 Å². The van der Waals surface area contributed by atoms with Gasteiger partial charge in [-0.15, -0.1) is 0 Å². The molecule has 2 aromatic carbocycles. The van der Waals surface area contributed by atoms with E-state index in [0.29, 0.717) is 24.3 Å². The third-order valence-corrected chi connectivity index (χ3v) is 4.24. The first kappa shape index (κ1) is 21.9. The molecule has 8 heteroatoms. The molecule has 0 saturated heterocycles. The zero-order valence-corrected chi connectivity index (χ0v) is 16.5. The van der Waals surface area contributed by atoms with E-state index in [1.54, 1.807) is 41.3 Å². The molecule has 3 N–H and O–H groups in total. The molecule has 0 atom stereocenters. The van der Waals surface area contributed by atoms with E-state index in [-0.39, 0.29) is 24.8 Å². The fourth-order valence-corrected chi connectivity index (χ4v) is 2.60. The van der Waals surface area contributed by atoms with Crippen LogP contribution in [0.4, 0.5) is 14.9 Å². The Hall–Kier alpha value is -3.42. The Labute approximate surface area is 169 Å². The number of carbonyl (C=O) groups is 3. The second-order valence-electron chi connectivity index (χ2n) is 6.27. The second kappa shape index (κ2) is 10.8. The van der Waals surface area contributed by atoms with Crippen LogP contribution in [-0.4, -0.2) is 42.4 Å². The SMILES string of the molecule is CCN(CC)C(=O)c1ccc(NC(=O)CNC(=O)NCc2ccc(F)cc2)cc1. The lowest BCUT2D eigenvalue weighted by Crippen LogP contribution is -2.39. The van der Waals surface area contributed by atoms with Crippen LogP contribution in [0.25, 0.3) is 0 Å². The Kier molecular flexibility index (Phi) is 8.14. The highest BCUT2D eigenvalue weighted by Gasteiger charge is 2.12. The van der Waals surface area contributed by atoms with Crippen molar-refractivity contribution in [3.05, 3.63) is 65.5 Å². The zero-order valence-electron chi connectivity index (χ0n) is 16.5. The van der Waals surface area contributed by atoms with Gasteiger partial charge in [-0.3, -0.25) is 9.59 Å². The molecule has 29 heavy (non-hydrogen) atoms. The number of nitrogens with zero attached hydrogens (tertiary/aromatic N) is 1. The van der Waals surface area contributed by atoms with Crippen molar-refractivity contribution < 1.29 is 18.8 Å². The van der Waals surface area contributed by atoms with E-state index in [4.69, 9.17) is 0 Å². The number of amides is 4. The number of halogens is 1. The summed E-state index contributed by atoms with van der Waals surface area (Å²) < 4.78 is 12.8. The standard InChI is InChI=1S/C21H25FN4O3/c1-3-26(4-2)20(28)16-7-11-18(12-8-16)25-19(27)14-24-21(29)23-13-15-5-9-17(22)10-6-15/h5-12H,3-4,13-14H2,1-2H3,(H,25,27)(H2,23,24,29). The molecule has 0 aliphatic rings. The predicted octanol–water partition coefficient (Wildman–Crippen LogP) is 2.75. The summed E-state index contributed by atoms with van der Waals surface area (Å²) in [5, 5.41) is 7.68. The van der Waals surface area contributed by atoms with Crippen LogP contribution in [0.3, 0.4) is 0 Å². The van der Waals surface area contributed by atoms with Crippen molar-refractivity contribution in [1.82, 2.24) is 15.5 Å². The molecule has 0 unspecified atom stereocenters. The van der Waals surface area contributed by atoms with Crippen molar-refractivity contribution in [1.29, 1.82) is 0 Å². The molecular weight excluding hydrogens is 375 g/mol. The summed E-state index contributed by atoms with van der Waals surface area (Å²) in [6.45, 7) is 5.09. The van der Waals surface area contributed by atoms with Gasteiger partial charge >= 0.3 is 6.03 Å². The van der Waals surface area contributed by atoms with Gasteiger partial charge in [0.15, 0.2) is 0 Å². The Balaban J connectivity index is 1.76. The van der Waals surface area contributed by atoms with Crippen molar-refractivity contribution in [2.75, 3.05) is 25.0 Å². The molecule has 0 saturated carbocycles. The Morgan fingerprint density at radius 1 is 0.897 bits per heavy atom. The minimum Gasteiger partial charge on any atom is -0.339 e. The van der Waals surface area contributed by atoms with Crippen LogP contribution >= 0.6 is 0 Å². The van der Waals surface area contributed by atoms with E-state index >= 15 is 0 Å². The molecule has 0 bridgehead atoms. The first-order valence-corrected chi connectivity index (χ1v) is 9.38. The molecule has 0 aliphatic carbocycles. The van der Waals surface area contributed by atoms with Crippen molar-refractivity contribution in [3.63, 3.8) is 0 Å². The maximum atomic E-state index is 12.8. The first-order chi connectivity index (χ1) is 13.9. The van der Waals surface area contributed by atoms with E-state index < -0.39 is 11.9 Å². The second-order valence-corrected chi connectivity index (χ2v) is 6.27. The van der Waals surface area contributed by atoms with Gasteiger partial charge in [0.1, 0.15) is 5.82 Å². The fraction of sp³-hybridized carbons (Fsp3) is 0.286. The molecule has 2 aromatic rings. The summed E-state index contributed by atoms with van der Waals surface area (Å²) in [6.07, 6.45) is 0. The van der Waals surface area contributed by atoms with Gasteiger partial charge in [0.05, 0.1) is 6.54 Å². The quantitative estimate of drug-likeness (QED) is 0.636. The third-order valence-electron chi connectivity index (χ3n) is 4.24. The van der Waals surface area contributed by atoms with Crippen LogP contribution in [0.5, 0.6) is 0 Å². The number of hydrogen-bond acceptors (Lipinski definition) is 3. The molecule has 0 aromatic heterocycles. The topological polar surface area (TPSA) is 90.5 Å². The van der Waals surface area contributed by atoms with Gasteiger partial charge in [0, 0.05) is 30.9 Å². The molecular formula is C21H25FN4O3. The summed E-state index contributed by atoms with van der Waals surface area (Å²) in [6, 6.07) is 11.8.